The van der Waals surface area contributed by atoms with Gasteiger partial charge in [0.25, 0.3) is 5.91 Å². The van der Waals surface area contributed by atoms with Gasteiger partial charge in [-0.1, -0.05) is 36.4 Å². The minimum atomic E-state index is -0.341. The summed E-state index contributed by atoms with van der Waals surface area (Å²) >= 11 is 0. The Morgan fingerprint density at radius 2 is 1.79 bits per heavy atom. The van der Waals surface area contributed by atoms with Crippen molar-refractivity contribution in [3.05, 3.63) is 65.7 Å². The average Bonchev–Trinajstić information content (AvgIpc) is 3.56. The van der Waals surface area contributed by atoms with Gasteiger partial charge in [-0.05, 0) is 43.5 Å². The van der Waals surface area contributed by atoms with E-state index >= 15 is 0 Å². The number of nitrogens with zero attached hydrogens (tertiary/aromatic N) is 1. The second-order valence-corrected chi connectivity index (χ2v) is 6.92. The average molecular weight is 379 g/mol. The maximum atomic E-state index is 12.5. The highest BCUT2D eigenvalue weighted by molar-refractivity contribution is 5.99. The van der Waals surface area contributed by atoms with Crippen molar-refractivity contribution in [2.24, 2.45) is 5.92 Å². The number of nitrogens with one attached hydrogen (secondary N) is 2. The third-order valence-corrected chi connectivity index (χ3v) is 4.69. The van der Waals surface area contributed by atoms with Gasteiger partial charge >= 0.3 is 0 Å². The number of benzene rings is 2. The highest BCUT2D eigenvalue weighted by Gasteiger charge is 2.29. The molecule has 1 aliphatic carbocycles. The third kappa shape index (κ3) is 5.42. The summed E-state index contributed by atoms with van der Waals surface area (Å²) in [6.07, 6.45) is 1.84. The van der Waals surface area contributed by atoms with Crippen LogP contribution < -0.4 is 10.6 Å². The lowest BCUT2D eigenvalue weighted by Gasteiger charge is -2.21. The molecule has 6 heteroatoms. The third-order valence-electron chi connectivity index (χ3n) is 4.69. The maximum Gasteiger partial charge on any atom is 0.251 e. The number of carbonyl (C=O) groups is 3. The van der Waals surface area contributed by atoms with Gasteiger partial charge in [0.2, 0.25) is 11.8 Å². The molecule has 28 heavy (non-hydrogen) atoms. The van der Waals surface area contributed by atoms with E-state index in [0.29, 0.717) is 24.3 Å². The summed E-state index contributed by atoms with van der Waals surface area (Å²) < 4.78 is 0. The Morgan fingerprint density at radius 1 is 1.04 bits per heavy atom. The fourth-order valence-electron chi connectivity index (χ4n) is 2.88. The maximum absolute atomic E-state index is 12.5. The highest BCUT2D eigenvalue weighted by atomic mass is 16.2. The number of hydrogen-bond acceptors (Lipinski definition) is 3. The summed E-state index contributed by atoms with van der Waals surface area (Å²) in [7, 11) is 0. The number of likely N-dealkylation sites (N-methyl/N-ethyl adjacent to an activating group) is 1. The zero-order chi connectivity index (χ0) is 19.9. The first-order chi connectivity index (χ1) is 13.6. The molecule has 0 spiro atoms. The van der Waals surface area contributed by atoms with Crippen LogP contribution >= 0.6 is 0 Å². The van der Waals surface area contributed by atoms with Gasteiger partial charge in [-0.25, -0.2) is 0 Å². The Morgan fingerprint density at radius 3 is 2.46 bits per heavy atom. The molecule has 6 nitrogen and oxygen atoms in total. The molecule has 1 saturated carbocycles. The van der Waals surface area contributed by atoms with E-state index in [-0.39, 0.29) is 30.2 Å². The smallest absolute Gasteiger partial charge is 0.251 e. The Bertz CT molecular complexity index is 847. The zero-order valence-corrected chi connectivity index (χ0v) is 16.0. The van der Waals surface area contributed by atoms with Crippen LogP contribution in [0.4, 0.5) is 5.69 Å². The van der Waals surface area contributed by atoms with Gasteiger partial charge in [0.05, 0.1) is 6.54 Å². The topological polar surface area (TPSA) is 78.5 Å². The van der Waals surface area contributed by atoms with E-state index in [1.807, 2.05) is 37.3 Å². The second kappa shape index (κ2) is 9.17. The predicted molar refractivity (Wildman–Crippen MR) is 108 cm³/mol. The lowest BCUT2D eigenvalue weighted by Crippen LogP contribution is -2.39. The van der Waals surface area contributed by atoms with Gasteiger partial charge in [-0.15, -0.1) is 0 Å². The molecule has 0 aliphatic heterocycles. The summed E-state index contributed by atoms with van der Waals surface area (Å²) in [4.78, 5) is 38.4. The van der Waals surface area contributed by atoms with Crippen molar-refractivity contribution >= 4 is 23.4 Å². The van der Waals surface area contributed by atoms with E-state index in [2.05, 4.69) is 10.6 Å². The van der Waals surface area contributed by atoms with Crippen molar-refractivity contribution in [2.75, 3.05) is 18.4 Å². The normalized spacial score (nSPS) is 12.9. The van der Waals surface area contributed by atoms with E-state index in [4.69, 9.17) is 0 Å². The first-order valence-electron chi connectivity index (χ1n) is 9.57. The van der Waals surface area contributed by atoms with E-state index in [9.17, 15) is 14.4 Å². The molecule has 3 rings (SSSR count). The van der Waals surface area contributed by atoms with Crippen LogP contribution in [0.1, 0.15) is 35.7 Å². The van der Waals surface area contributed by atoms with Crippen molar-refractivity contribution in [3.63, 3.8) is 0 Å². The van der Waals surface area contributed by atoms with Gasteiger partial charge in [0.1, 0.15) is 0 Å². The summed E-state index contributed by atoms with van der Waals surface area (Å²) in [5.41, 5.74) is 2.05. The largest absolute Gasteiger partial charge is 0.343 e. The van der Waals surface area contributed by atoms with Crippen LogP contribution in [0.3, 0.4) is 0 Å². The molecule has 0 unspecified atom stereocenters. The Hall–Kier alpha value is -3.15. The molecule has 0 aromatic heterocycles. The molecule has 0 heterocycles. The molecule has 3 amide bonds. The number of carbonyl (C=O) groups excluding carboxylic acids is 3. The Balaban J connectivity index is 1.53. The molecule has 1 fully saturated rings. The van der Waals surface area contributed by atoms with Crippen LogP contribution in [-0.2, 0) is 16.1 Å². The second-order valence-electron chi connectivity index (χ2n) is 6.92. The zero-order valence-electron chi connectivity index (χ0n) is 16.0. The van der Waals surface area contributed by atoms with Gasteiger partial charge in [-0.2, -0.15) is 0 Å². The summed E-state index contributed by atoms with van der Waals surface area (Å²) in [6, 6.07) is 16.5. The molecule has 2 aromatic carbocycles. The predicted octanol–water partition coefficient (Wildman–Crippen LogP) is 2.81. The lowest BCUT2D eigenvalue weighted by molar-refractivity contribution is -0.130. The lowest BCUT2D eigenvalue weighted by atomic mass is 10.2. The number of amides is 3. The van der Waals surface area contributed by atoms with Crippen LogP contribution in [-0.4, -0.2) is 35.7 Å². The van der Waals surface area contributed by atoms with Crippen LogP contribution in [0.15, 0.2) is 54.6 Å². The molecular formula is C22H25N3O3. The van der Waals surface area contributed by atoms with E-state index in [1.54, 1.807) is 29.2 Å². The standard InChI is InChI=1S/C22H25N3O3/c1-2-25(15-16-7-4-3-5-8-16)20(26)14-23-21(27)18-9-6-10-19(13-18)24-22(28)17-11-12-17/h3-10,13,17H,2,11-12,14-15H2,1H3,(H,23,27)(H,24,28). The molecule has 0 bridgehead atoms. The summed E-state index contributed by atoms with van der Waals surface area (Å²) in [6.45, 7) is 2.91. The fourth-order valence-corrected chi connectivity index (χ4v) is 2.88. The fraction of sp³-hybridized carbons (Fsp3) is 0.318. The van der Waals surface area contributed by atoms with Crippen molar-refractivity contribution in [3.8, 4) is 0 Å². The highest BCUT2D eigenvalue weighted by Crippen LogP contribution is 2.30. The molecule has 0 atom stereocenters. The molecule has 0 saturated heterocycles. The van der Waals surface area contributed by atoms with E-state index < -0.39 is 0 Å². The minimum absolute atomic E-state index is 0.00719. The monoisotopic (exact) mass is 379 g/mol. The van der Waals surface area contributed by atoms with Crippen molar-refractivity contribution < 1.29 is 14.4 Å². The van der Waals surface area contributed by atoms with Gasteiger partial charge in [0.15, 0.2) is 0 Å². The van der Waals surface area contributed by atoms with Gasteiger partial charge in [0, 0.05) is 30.3 Å². The van der Waals surface area contributed by atoms with Crippen molar-refractivity contribution in [1.29, 1.82) is 0 Å². The van der Waals surface area contributed by atoms with E-state index in [1.165, 1.54) is 0 Å². The van der Waals surface area contributed by atoms with Gasteiger partial charge < -0.3 is 15.5 Å². The van der Waals surface area contributed by atoms with Crippen LogP contribution in [0.25, 0.3) is 0 Å². The number of rotatable bonds is 8. The van der Waals surface area contributed by atoms with Crippen LogP contribution in [0, 0.1) is 5.92 Å². The molecule has 0 radical (unpaired) electrons. The van der Waals surface area contributed by atoms with Crippen LogP contribution in [0.2, 0.25) is 0 Å². The number of anilines is 1. The molecular weight excluding hydrogens is 354 g/mol. The first-order valence-corrected chi connectivity index (χ1v) is 9.57. The van der Waals surface area contributed by atoms with Crippen molar-refractivity contribution in [2.45, 2.75) is 26.3 Å². The molecule has 2 N–H and O–H groups in total. The molecule has 2 aromatic rings. The number of hydrogen-bond donors (Lipinski definition) is 2. The quantitative estimate of drug-likeness (QED) is 0.740. The van der Waals surface area contributed by atoms with E-state index in [0.717, 1.165) is 18.4 Å². The van der Waals surface area contributed by atoms with Crippen LogP contribution in [0.5, 0.6) is 0 Å². The summed E-state index contributed by atoms with van der Waals surface area (Å²) in [5.74, 6) is -0.392. The van der Waals surface area contributed by atoms with Gasteiger partial charge in [-0.3, -0.25) is 14.4 Å². The molecule has 1 aliphatic rings. The molecule has 146 valence electrons. The first kappa shape index (κ1) is 19.6. The summed E-state index contributed by atoms with van der Waals surface area (Å²) in [5, 5.41) is 5.50. The SMILES string of the molecule is CCN(Cc1ccccc1)C(=O)CNC(=O)c1cccc(NC(=O)C2CC2)c1. The van der Waals surface area contributed by atoms with Crippen molar-refractivity contribution in [1.82, 2.24) is 10.2 Å². The Labute approximate surface area is 164 Å². The Kier molecular flexibility index (Phi) is 6.42. The minimum Gasteiger partial charge on any atom is -0.343 e.